The predicted octanol–water partition coefficient (Wildman–Crippen LogP) is 4.71. The van der Waals surface area contributed by atoms with E-state index < -0.39 is 0 Å². The van der Waals surface area contributed by atoms with Gasteiger partial charge >= 0.3 is 0 Å². The van der Waals surface area contributed by atoms with E-state index in [1.54, 1.807) is 0 Å². The first-order valence-corrected chi connectivity index (χ1v) is 6.02. The van der Waals surface area contributed by atoms with Crippen LogP contribution < -0.4 is 0 Å². The molecule has 0 saturated heterocycles. The highest BCUT2D eigenvalue weighted by molar-refractivity contribution is 6.18. The zero-order valence-corrected chi connectivity index (χ0v) is 10.6. The molecule has 0 saturated carbocycles. The molecule has 1 heteroatoms. The van der Waals surface area contributed by atoms with E-state index >= 15 is 0 Å². The molecule has 13 heavy (non-hydrogen) atoms. The average molecular weight is 205 g/mol. The minimum atomic E-state index is 0.344. The van der Waals surface area contributed by atoms with E-state index in [1.165, 1.54) is 19.3 Å². The first-order chi connectivity index (χ1) is 5.92. The maximum Gasteiger partial charge on any atom is 0.0279 e. The van der Waals surface area contributed by atoms with E-state index in [4.69, 9.17) is 11.6 Å². The van der Waals surface area contributed by atoms with Crippen LogP contribution in [0, 0.1) is 17.3 Å². The Morgan fingerprint density at radius 1 is 1.15 bits per heavy atom. The molecule has 0 aromatic carbocycles. The summed E-state index contributed by atoms with van der Waals surface area (Å²) >= 11 is 6.02. The van der Waals surface area contributed by atoms with Crippen LogP contribution >= 0.6 is 11.6 Å². The molecule has 0 spiro atoms. The van der Waals surface area contributed by atoms with Crippen LogP contribution in [0.2, 0.25) is 0 Å². The Kier molecular flexibility index (Phi) is 6.04. The first-order valence-electron chi connectivity index (χ1n) is 5.48. The second-order valence-electron chi connectivity index (χ2n) is 5.23. The molecule has 1 atom stereocenters. The minimum absolute atomic E-state index is 0.344. The van der Waals surface area contributed by atoms with Gasteiger partial charge in [0.15, 0.2) is 0 Å². The lowest BCUT2D eigenvalue weighted by Gasteiger charge is -2.31. The van der Waals surface area contributed by atoms with Crippen molar-refractivity contribution in [1.29, 1.82) is 0 Å². The summed E-state index contributed by atoms with van der Waals surface area (Å²) in [6.45, 7) is 11.4. The summed E-state index contributed by atoms with van der Waals surface area (Å²) in [7, 11) is 0. The fourth-order valence-electron chi connectivity index (χ4n) is 1.42. The van der Waals surface area contributed by atoms with Gasteiger partial charge in [0.25, 0.3) is 0 Å². The van der Waals surface area contributed by atoms with Gasteiger partial charge in [0.05, 0.1) is 0 Å². The van der Waals surface area contributed by atoms with Crippen molar-refractivity contribution >= 4 is 11.6 Å². The topological polar surface area (TPSA) is 0 Å². The summed E-state index contributed by atoms with van der Waals surface area (Å²) < 4.78 is 0. The van der Waals surface area contributed by atoms with Crippen LogP contribution in [0.25, 0.3) is 0 Å². The van der Waals surface area contributed by atoms with Crippen LogP contribution in [0.3, 0.4) is 0 Å². The molecule has 0 heterocycles. The van der Waals surface area contributed by atoms with Crippen molar-refractivity contribution in [2.45, 2.75) is 53.9 Å². The van der Waals surface area contributed by atoms with Crippen molar-refractivity contribution in [2.24, 2.45) is 17.3 Å². The van der Waals surface area contributed by atoms with Crippen molar-refractivity contribution in [3.63, 3.8) is 0 Å². The Morgan fingerprint density at radius 3 is 2.00 bits per heavy atom. The van der Waals surface area contributed by atoms with Gasteiger partial charge in [-0.25, -0.2) is 0 Å². The zero-order valence-electron chi connectivity index (χ0n) is 9.86. The van der Waals surface area contributed by atoms with Crippen LogP contribution in [-0.4, -0.2) is 5.88 Å². The number of hydrogen-bond acceptors (Lipinski definition) is 0. The van der Waals surface area contributed by atoms with Gasteiger partial charge in [-0.05, 0) is 23.7 Å². The van der Waals surface area contributed by atoms with Gasteiger partial charge in [-0.15, -0.1) is 11.6 Å². The number of rotatable bonds is 6. The average Bonchev–Trinajstić information content (AvgIpc) is 2.03. The smallest absolute Gasteiger partial charge is 0.0279 e. The molecule has 0 aliphatic heterocycles. The Bertz CT molecular complexity index is 129. The van der Waals surface area contributed by atoms with E-state index in [2.05, 4.69) is 34.6 Å². The largest absolute Gasteiger partial charge is 0.126 e. The van der Waals surface area contributed by atoms with Gasteiger partial charge in [0, 0.05) is 5.88 Å². The third kappa shape index (κ3) is 4.90. The zero-order chi connectivity index (χ0) is 10.5. The molecule has 0 fully saturated rings. The number of hydrogen-bond donors (Lipinski definition) is 0. The van der Waals surface area contributed by atoms with Gasteiger partial charge in [0.2, 0.25) is 0 Å². The standard InChI is InChI=1S/C12H25Cl/c1-10(2)7-6-8-12(5,9-13)11(3)4/h10-11H,6-9H2,1-5H3. The van der Waals surface area contributed by atoms with Gasteiger partial charge in [-0.1, -0.05) is 47.5 Å². The van der Waals surface area contributed by atoms with Gasteiger partial charge < -0.3 is 0 Å². The summed E-state index contributed by atoms with van der Waals surface area (Å²) in [6.07, 6.45) is 3.92. The van der Waals surface area contributed by atoms with Crippen LogP contribution in [0.1, 0.15) is 53.9 Å². The highest BCUT2D eigenvalue weighted by Crippen LogP contribution is 2.34. The molecule has 0 N–H and O–H groups in total. The third-order valence-corrected chi connectivity index (χ3v) is 3.84. The third-order valence-electron chi connectivity index (χ3n) is 3.23. The molecule has 0 aliphatic rings. The van der Waals surface area contributed by atoms with Crippen LogP contribution in [0.5, 0.6) is 0 Å². The molecule has 0 aromatic heterocycles. The van der Waals surface area contributed by atoms with Gasteiger partial charge in [-0.3, -0.25) is 0 Å². The summed E-state index contributed by atoms with van der Waals surface area (Å²) in [5.41, 5.74) is 0.344. The lowest BCUT2D eigenvalue weighted by molar-refractivity contribution is 0.223. The molecule has 1 unspecified atom stereocenters. The van der Waals surface area contributed by atoms with Crippen LogP contribution in [0.15, 0.2) is 0 Å². The number of alkyl halides is 1. The first kappa shape index (κ1) is 13.3. The SMILES string of the molecule is CC(C)CCCC(C)(CCl)C(C)C. The van der Waals surface area contributed by atoms with Crippen LogP contribution in [0.4, 0.5) is 0 Å². The van der Waals surface area contributed by atoms with E-state index in [9.17, 15) is 0 Å². The summed E-state index contributed by atoms with van der Waals surface area (Å²) in [4.78, 5) is 0. The highest BCUT2D eigenvalue weighted by atomic mass is 35.5. The van der Waals surface area contributed by atoms with Crippen molar-refractivity contribution in [3.8, 4) is 0 Å². The lowest BCUT2D eigenvalue weighted by atomic mass is 9.76. The Morgan fingerprint density at radius 2 is 1.69 bits per heavy atom. The summed E-state index contributed by atoms with van der Waals surface area (Å²) in [5.74, 6) is 2.31. The molecule has 0 amide bonds. The fourth-order valence-corrected chi connectivity index (χ4v) is 1.87. The molecule has 0 bridgehead atoms. The molecule has 0 radical (unpaired) electrons. The van der Waals surface area contributed by atoms with E-state index in [0.29, 0.717) is 11.3 Å². The summed E-state index contributed by atoms with van der Waals surface area (Å²) in [5, 5.41) is 0. The maximum atomic E-state index is 6.02. The Labute approximate surface area is 89.1 Å². The molecule has 80 valence electrons. The van der Waals surface area contributed by atoms with E-state index in [-0.39, 0.29) is 0 Å². The molecule has 0 aliphatic carbocycles. The molecular formula is C12H25Cl. The fraction of sp³-hybridized carbons (Fsp3) is 1.00. The monoisotopic (exact) mass is 204 g/mol. The van der Waals surface area contributed by atoms with E-state index in [1.807, 2.05) is 0 Å². The van der Waals surface area contributed by atoms with Crippen molar-refractivity contribution in [2.75, 3.05) is 5.88 Å². The second kappa shape index (κ2) is 5.90. The Hall–Kier alpha value is 0.290. The molecule has 0 rings (SSSR count). The van der Waals surface area contributed by atoms with Gasteiger partial charge in [-0.2, -0.15) is 0 Å². The summed E-state index contributed by atoms with van der Waals surface area (Å²) in [6, 6.07) is 0. The highest BCUT2D eigenvalue weighted by Gasteiger charge is 2.26. The van der Waals surface area contributed by atoms with Crippen molar-refractivity contribution < 1.29 is 0 Å². The Balaban J connectivity index is 3.84. The maximum absolute atomic E-state index is 6.02. The molecule has 0 nitrogen and oxygen atoms in total. The normalized spacial score (nSPS) is 16.6. The van der Waals surface area contributed by atoms with Gasteiger partial charge in [0.1, 0.15) is 0 Å². The van der Waals surface area contributed by atoms with Crippen molar-refractivity contribution in [1.82, 2.24) is 0 Å². The van der Waals surface area contributed by atoms with Crippen molar-refractivity contribution in [3.05, 3.63) is 0 Å². The minimum Gasteiger partial charge on any atom is -0.126 e. The number of halogens is 1. The predicted molar refractivity (Wildman–Crippen MR) is 62.4 cm³/mol. The van der Waals surface area contributed by atoms with Crippen LogP contribution in [-0.2, 0) is 0 Å². The molecular weight excluding hydrogens is 180 g/mol. The lowest BCUT2D eigenvalue weighted by Crippen LogP contribution is -2.25. The second-order valence-corrected chi connectivity index (χ2v) is 5.50. The molecule has 0 aromatic rings. The quantitative estimate of drug-likeness (QED) is 0.550. The van der Waals surface area contributed by atoms with E-state index in [0.717, 1.165) is 11.8 Å².